The minimum atomic E-state index is 0.494. The summed E-state index contributed by atoms with van der Waals surface area (Å²) in [5.41, 5.74) is 3.40. The van der Waals surface area contributed by atoms with Crippen LogP contribution in [0.15, 0.2) is 0 Å². The maximum atomic E-state index is 6.21. The van der Waals surface area contributed by atoms with Crippen LogP contribution < -0.4 is 0 Å². The van der Waals surface area contributed by atoms with Gasteiger partial charge in [-0.25, -0.2) is 4.98 Å². The predicted octanol–water partition coefficient (Wildman–Crippen LogP) is 3.82. The Balaban J connectivity index is 1.86. The number of nitrogens with zero attached hydrogens (tertiary/aromatic N) is 4. The van der Waals surface area contributed by atoms with Crippen LogP contribution in [0.5, 0.6) is 0 Å². The second-order valence-electron chi connectivity index (χ2n) is 6.77. The SMILES string of the molecule is CCCc1nn(C)c2c1nc(CCl)n2C1CC2CCC1C2. The molecular formula is C16H23ClN4. The molecule has 2 aromatic heterocycles. The summed E-state index contributed by atoms with van der Waals surface area (Å²) in [7, 11) is 2.05. The summed E-state index contributed by atoms with van der Waals surface area (Å²) < 4.78 is 4.45. The molecule has 4 rings (SSSR count). The lowest BCUT2D eigenvalue weighted by Gasteiger charge is -2.25. The molecule has 5 heteroatoms. The molecule has 0 radical (unpaired) electrons. The van der Waals surface area contributed by atoms with Crippen LogP contribution in [-0.2, 0) is 19.3 Å². The average molecular weight is 307 g/mol. The summed E-state index contributed by atoms with van der Waals surface area (Å²) in [6.07, 6.45) is 7.58. The van der Waals surface area contributed by atoms with E-state index in [4.69, 9.17) is 21.7 Å². The Kier molecular flexibility index (Phi) is 3.25. The molecule has 3 unspecified atom stereocenters. The van der Waals surface area contributed by atoms with Crippen molar-refractivity contribution < 1.29 is 0 Å². The van der Waals surface area contributed by atoms with Gasteiger partial charge in [-0.05, 0) is 37.5 Å². The maximum Gasteiger partial charge on any atom is 0.158 e. The van der Waals surface area contributed by atoms with Crippen molar-refractivity contribution >= 4 is 22.8 Å². The van der Waals surface area contributed by atoms with E-state index in [1.165, 1.54) is 31.3 Å². The molecular weight excluding hydrogens is 284 g/mol. The number of fused-ring (bicyclic) bond motifs is 3. The largest absolute Gasteiger partial charge is 0.308 e. The van der Waals surface area contributed by atoms with E-state index in [1.54, 1.807) is 0 Å². The Hall–Kier alpha value is -1.03. The number of imidazole rings is 1. The summed E-state index contributed by atoms with van der Waals surface area (Å²) in [4.78, 5) is 4.85. The second kappa shape index (κ2) is 5.01. The number of aromatic nitrogens is 4. The van der Waals surface area contributed by atoms with Gasteiger partial charge in [0.15, 0.2) is 5.65 Å². The van der Waals surface area contributed by atoms with Crippen LogP contribution in [0.4, 0.5) is 0 Å². The zero-order valence-electron chi connectivity index (χ0n) is 12.8. The van der Waals surface area contributed by atoms with Gasteiger partial charge in [0.2, 0.25) is 0 Å². The highest BCUT2D eigenvalue weighted by Gasteiger charge is 2.42. The molecule has 21 heavy (non-hydrogen) atoms. The molecule has 2 heterocycles. The van der Waals surface area contributed by atoms with Gasteiger partial charge in [0.25, 0.3) is 0 Å². The number of hydrogen-bond donors (Lipinski definition) is 0. The number of alkyl halides is 1. The van der Waals surface area contributed by atoms with Crippen molar-refractivity contribution in [3.8, 4) is 0 Å². The minimum absolute atomic E-state index is 0.494. The van der Waals surface area contributed by atoms with Gasteiger partial charge in [-0.15, -0.1) is 11.6 Å². The van der Waals surface area contributed by atoms with Gasteiger partial charge in [0.05, 0.1) is 11.6 Å². The molecule has 3 atom stereocenters. The van der Waals surface area contributed by atoms with Crippen molar-refractivity contribution in [3.05, 3.63) is 11.5 Å². The highest BCUT2D eigenvalue weighted by Crippen LogP contribution is 2.51. The first-order valence-electron chi connectivity index (χ1n) is 8.21. The Morgan fingerprint density at radius 2 is 2.14 bits per heavy atom. The fourth-order valence-electron chi connectivity index (χ4n) is 4.62. The van der Waals surface area contributed by atoms with E-state index in [-0.39, 0.29) is 0 Å². The van der Waals surface area contributed by atoms with Crippen LogP contribution in [0.2, 0.25) is 0 Å². The van der Waals surface area contributed by atoms with E-state index < -0.39 is 0 Å². The van der Waals surface area contributed by atoms with E-state index in [1.807, 2.05) is 11.7 Å². The second-order valence-corrected chi connectivity index (χ2v) is 7.03. The van der Waals surface area contributed by atoms with Crippen molar-refractivity contribution in [1.82, 2.24) is 19.3 Å². The number of halogens is 1. The maximum absolute atomic E-state index is 6.21. The summed E-state index contributed by atoms with van der Waals surface area (Å²) in [6.45, 7) is 2.19. The van der Waals surface area contributed by atoms with Crippen molar-refractivity contribution in [2.24, 2.45) is 18.9 Å². The van der Waals surface area contributed by atoms with Crippen molar-refractivity contribution in [3.63, 3.8) is 0 Å². The van der Waals surface area contributed by atoms with Crippen LogP contribution >= 0.6 is 11.6 Å². The van der Waals surface area contributed by atoms with E-state index in [9.17, 15) is 0 Å². The van der Waals surface area contributed by atoms with E-state index in [2.05, 4.69) is 11.5 Å². The molecule has 0 aliphatic heterocycles. The van der Waals surface area contributed by atoms with Crippen molar-refractivity contribution in [2.45, 2.75) is 57.4 Å². The van der Waals surface area contributed by atoms with Gasteiger partial charge in [-0.2, -0.15) is 5.10 Å². The fourth-order valence-corrected chi connectivity index (χ4v) is 4.81. The van der Waals surface area contributed by atoms with E-state index >= 15 is 0 Å². The van der Waals surface area contributed by atoms with Gasteiger partial charge in [-0.3, -0.25) is 4.68 Å². The highest BCUT2D eigenvalue weighted by molar-refractivity contribution is 6.16. The topological polar surface area (TPSA) is 35.6 Å². The molecule has 2 aliphatic rings. The molecule has 2 saturated carbocycles. The molecule has 0 spiro atoms. The molecule has 4 nitrogen and oxygen atoms in total. The molecule has 2 aromatic rings. The Morgan fingerprint density at radius 3 is 2.76 bits per heavy atom. The third-order valence-corrected chi connectivity index (χ3v) is 5.69. The Morgan fingerprint density at radius 1 is 1.29 bits per heavy atom. The summed E-state index contributed by atoms with van der Waals surface area (Å²) >= 11 is 6.21. The quantitative estimate of drug-likeness (QED) is 0.805. The number of rotatable bonds is 4. The zero-order valence-corrected chi connectivity index (χ0v) is 13.6. The lowest BCUT2D eigenvalue weighted by Crippen LogP contribution is -2.19. The van der Waals surface area contributed by atoms with Gasteiger partial charge in [-0.1, -0.05) is 19.8 Å². The van der Waals surface area contributed by atoms with Gasteiger partial charge in [0.1, 0.15) is 11.3 Å². The highest BCUT2D eigenvalue weighted by atomic mass is 35.5. The molecule has 2 fully saturated rings. The normalized spacial score (nSPS) is 28.0. The third kappa shape index (κ3) is 1.95. The first-order valence-corrected chi connectivity index (χ1v) is 8.75. The summed E-state index contributed by atoms with van der Waals surface area (Å²) in [5.74, 6) is 3.27. The Bertz CT molecular complexity index is 671. The van der Waals surface area contributed by atoms with E-state index in [0.29, 0.717) is 11.9 Å². The van der Waals surface area contributed by atoms with Crippen LogP contribution in [0, 0.1) is 11.8 Å². The molecule has 2 aliphatic carbocycles. The molecule has 0 N–H and O–H groups in total. The molecule has 2 bridgehead atoms. The summed E-state index contributed by atoms with van der Waals surface area (Å²) in [6, 6.07) is 0.590. The Labute approximate surface area is 130 Å². The molecule has 114 valence electrons. The standard InChI is InChI=1S/C16H23ClN4/c1-3-4-12-15-16(20(2)19-12)21(14(9-17)18-15)13-8-10-5-6-11(13)7-10/h10-11,13H,3-9H2,1-2H3. The zero-order chi connectivity index (χ0) is 14.6. The minimum Gasteiger partial charge on any atom is -0.308 e. The molecule has 0 amide bonds. The predicted molar refractivity (Wildman–Crippen MR) is 84.5 cm³/mol. The van der Waals surface area contributed by atoms with Gasteiger partial charge >= 0.3 is 0 Å². The van der Waals surface area contributed by atoms with Crippen molar-refractivity contribution in [2.75, 3.05) is 0 Å². The van der Waals surface area contributed by atoms with Crippen LogP contribution in [-0.4, -0.2) is 19.3 Å². The fraction of sp³-hybridized carbons (Fsp3) is 0.750. The van der Waals surface area contributed by atoms with Gasteiger partial charge in [0, 0.05) is 13.1 Å². The smallest absolute Gasteiger partial charge is 0.158 e. The average Bonchev–Trinajstić information content (AvgIpc) is 3.21. The molecule has 0 aromatic carbocycles. The first kappa shape index (κ1) is 13.6. The van der Waals surface area contributed by atoms with Crippen molar-refractivity contribution in [1.29, 1.82) is 0 Å². The lowest BCUT2D eigenvalue weighted by molar-refractivity contribution is 0.328. The monoisotopic (exact) mass is 306 g/mol. The number of hydrogen-bond acceptors (Lipinski definition) is 2. The summed E-state index contributed by atoms with van der Waals surface area (Å²) in [5, 5.41) is 4.70. The molecule has 0 saturated heterocycles. The third-order valence-electron chi connectivity index (χ3n) is 5.45. The van der Waals surface area contributed by atoms with E-state index in [0.717, 1.165) is 41.7 Å². The van der Waals surface area contributed by atoms with Crippen LogP contribution in [0.25, 0.3) is 11.2 Å². The lowest BCUT2D eigenvalue weighted by atomic mass is 9.95. The first-order chi connectivity index (χ1) is 10.2. The van der Waals surface area contributed by atoms with Gasteiger partial charge < -0.3 is 4.57 Å². The van der Waals surface area contributed by atoms with Crippen LogP contribution in [0.1, 0.15) is 56.6 Å². The number of aryl methyl sites for hydroxylation is 2. The van der Waals surface area contributed by atoms with Crippen LogP contribution in [0.3, 0.4) is 0 Å².